The molecular weight excluding hydrogens is 278 g/mol. The van der Waals surface area contributed by atoms with E-state index in [4.69, 9.17) is 4.74 Å². The first-order valence-corrected chi connectivity index (χ1v) is 6.42. The largest absolute Gasteiger partial charge is 0.490 e. The molecule has 2 rings (SSSR count). The van der Waals surface area contributed by atoms with Gasteiger partial charge in [-0.05, 0) is 25.5 Å². The number of methoxy groups -OCH3 is 1. The first kappa shape index (κ1) is 15.0. The van der Waals surface area contributed by atoms with Gasteiger partial charge < -0.3 is 15.4 Å². The molecule has 0 amide bonds. The Morgan fingerprint density at radius 1 is 1.14 bits per heavy atom. The van der Waals surface area contributed by atoms with Crippen LogP contribution in [-0.4, -0.2) is 23.6 Å². The molecule has 0 atom stereocenters. The highest BCUT2D eigenvalue weighted by Gasteiger charge is 2.14. The van der Waals surface area contributed by atoms with E-state index in [0.29, 0.717) is 18.1 Å². The quantitative estimate of drug-likeness (QED) is 0.886. The Morgan fingerprint density at radius 2 is 1.86 bits per heavy atom. The zero-order valence-electron chi connectivity index (χ0n) is 12.0. The number of rotatable bonds is 5. The molecule has 1 heterocycles. The van der Waals surface area contributed by atoms with E-state index in [1.165, 1.54) is 20.4 Å². The average molecular weight is 294 g/mol. The number of ether oxygens (including phenoxy) is 1. The fraction of sp³-hybridized carbons (Fsp3) is 0.286. The zero-order chi connectivity index (χ0) is 15.4. The summed E-state index contributed by atoms with van der Waals surface area (Å²) in [5, 5.41) is 5.73. The highest BCUT2D eigenvalue weighted by atomic mass is 19.1. The lowest BCUT2D eigenvalue weighted by Crippen LogP contribution is -2.06. The minimum atomic E-state index is -0.570. The lowest BCUT2D eigenvalue weighted by Gasteiger charge is -2.14. The highest BCUT2D eigenvalue weighted by molar-refractivity contribution is 5.69. The van der Waals surface area contributed by atoms with Crippen molar-refractivity contribution in [2.75, 3.05) is 24.3 Å². The van der Waals surface area contributed by atoms with Crippen molar-refractivity contribution in [3.05, 3.63) is 35.7 Å². The number of nitrogens with one attached hydrogen (secondary N) is 2. The third-order valence-corrected chi connectivity index (χ3v) is 2.85. The van der Waals surface area contributed by atoms with Crippen LogP contribution in [0.4, 0.5) is 26.1 Å². The van der Waals surface area contributed by atoms with Gasteiger partial charge in [-0.15, -0.1) is 0 Å². The molecule has 0 unspecified atom stereocenters. The molecule has 0 aliphatic carbocycles. The summed E-state index contributed by atoms with van der Waals surface area (Å²) in [7, 11) is 1.46. The summed E-state index contributed by atoms with van der Waals surface area (Å²) in [5.41, 5.74) is 0.221. The van der Waals surface area contributed by atoms with Crippen LogP contribution >= 0.6 is 0 Å². The van der Waals surface area contributed by atoms with Crippen molar-refractivity contribution in [3.63, 3.8) is 0 Å². The minimum Gasteiger partial charge on any atom is -0.490 e. The molecule has 2 N–H and O–H groups in total. The molecule has 2 aromatic rings. The first-order chi connectivity index (χ1) is 10.1. The Labute approximate surface area is 121 Å². The molecule has 0 spiro atoms. The van der Waals surface area contributed by atoms with E-state index < -0.39 is 11.6 Å². The summed E-state index contributed by atoms with van der Waals surface area (Å²) in [6.45, 7) is 4.04. The first-order valence-electron chi connectivity index (χ1n) is 6.42. The lowest BCUT2D eigenvalue weighted by atomic mass is 10.2. The number of anilines is 3. The Kier molecular flexibility index (Phi) is 4.52. The maximum Gasteiger partial charge on any atom is 0.204 e. The van der Waals surface area contributed by atoms with Crippen LogP contribution in [0.15, 0.2) is 18.5 Å². The molecule has 0 aliphatic rings. The van der Waals surface area contributed by atoms with E-state index in [2.05, 4.69) is 20.6 Å². The van der Waals surface area contributed by atoms with Gasteiger partial charge in [-0.1, -0.05) is 0 Å². The predicted molar refractivity (Wildman–Crippen MR) is 77.1 cm³/mol. The highest BCUT2D eigenvalue weighted by Crippen LogP contribution is 2.32. The van der Waals surface area contributed by atoms with Gasteiger partial charge in [0.25, 0.3) is 0 Å². The van der Waals surface area contributed by atoms with Gasteiger partial charge in [-0.25, -0.2) is 18.7 Å². The Bertz CT molecular complexity index is 649. The Hall–Kier alpha value is -2.44. The second kappa shape index (κ2) is 6.34. The van der Waals surface area contributed by atoms with Crippen LogP contribution in [-0.2, 0) is 0 Å². The van der Waals surface area contributed by atoms with Crippen molar-refractivity contribution >= 4 is 17.3 Å². The van der Waals surface area contributed by atoms with Crippen molar-refractivity contribution in [1.29, 1.82) is 0 Å². The van der Waals surface area contributed by atoms with Crippen LogP contribution in [0.2, 0.25) is 0 Å². The Morgan fingerprint density at radius 3 is 2.52 bits per heavy atom. The molecule has 7 heteroatoms. The maximum atomic E-state index is 13.9. The van der Waals surface area contributed by atoms with Crippen molar-refractivity contribution in [2.45, 2.75) is 13.8 Å². The Balaban J connectivity index is 2.40. The summed E-state index contributed by atoms with van der Waals surface area (Å²) >= 11 is 0. The second-order valence-corrected chi connectivity index (χ2v) is 4.34. The van der Waals surface area contributed by atoms with E-state index in [1.54, 1.807) is 0 Å². The van der Waals surface area contributed by atoms with Gasteiger partial charge in [0, 0.05) is 12.6 Å². The van der Waals surface area contributed by atoms with Gasteiger partial charge in [-0.2, -0.15) is 0 Å². The predicted octanol–water partition coefficient (Wildman–Crippen LogP) is 3.25. The van der Waals surface area contributed by atoms with Crippen LogP contribution in [0, 0.1) is 18.6 Å². The third kappa shape index (κ3) is 3.18. The van der Waals surface area contributed by atoms with E-state index in [0.717, 1.165) is 12.1 Å². The van der Waals surface area contributed by atoms with Crippen LogP contribution in [0.5, 0.6) is 5.75 Å². The number of hydrogen-bond acceptors (Lipinski definition) is 5. The van der Waals surface area contributed by atoms with E-state index in [1.807, 2.05) is 6.92 Å². The monoisotopic (exact) mass is 294 g/mol. The van der Waals surface area contributed by atoms with Crippen LogP contribution in [0.3, 0.4) is 0 Å². The standard InChI is InChI=1S/C14H16F2N4O/c1-4-17-13-12(21-3)14(19-7-18-13)20-11-6-9(15)8(2)5-10(11)16/h5-7H,4H2,1-3H3,(H2,17,18,19,20). The molecule has 21 heavy (non-hydrogen) atoms. The van der Waals surface area contributed by atoms with E-state index in [-0.39, 0.29) is 17.1 Å². The molecule has 0 saturated heterocycles. The number of aromatic nitrogens is 2. The average Bonchev–Trinajstić information content (AvgIpc) is 2.45. The molecular formula is C14H16F2N4O. The van der Waals surface area contributed by atoms with Gasteiger partial charge in [-0.3, -0.25) is 0 Å². The molecule has 0 radical (unpaired) electrons. The number of hydrogen-bond donors (Lipinski definition) is 2. The summed E-state index contributed by atoms with van der Waals surface area (Å²) < 4.78 is 32.7. The van der Waals surface area contributed by atoms with Gasteiger partial charge in [0.15, 0.2) is 11.6 Å². The summed E-state index contributed by atoms with van der Waals surface area (Å²) in [5.74, 6) is -0.00535. The van der Waals surface area contributed by atoms with Crippen molar-refractivity contribution in [1.82, 2.24) is 9.97 Å². The summed E-state index contributed by atoms with van der Waals surface area (Å²) in [6, 6.07) is 2.20. The van der Waals surface area contributed by atoms with Gasteiger partial charge in [0.1, 0.15) is 18.0 Å². The maximum absolute atomic E-state index is 13.9. The number of benzene rings is 1. The third-order valence-electron chi connectivity index (χ3n) is 2.85. The van der Waals surface area contributed by atoms with Crippen LogP contribution < -0.4 is 15.4 Å². The van der Waals surface area contributed by atoms with Gasteiger partial charge in [0.05, 0.1) is 12.8 Å². The molecule has 1 aromatic heterocycles. The smallest absolute Gasteiger partial charge is 0.204 e. The fourth-order valence-corrected chi connectivity index (χ4v) is 1.82. The molecule has 5 nitrogen and oxygen atoms in total. The van der Waals surface area contributed by atoms with Crippen LogP contribution in [0.1, 0.15) is 12.5 Å². The number of aryl methyl sites for hydroxylation is 1. The molecule has 0 saturated carbocycles. The zero-order valence-corrected chi connectivity index (χ0v) is 12.0. The van der Waals surface area contributed by atoms with E-state index in [9.17, 15) is 8.78 Å². The van der Waals surface area contributed by atoms with Crippen LogP contribution in [0.25, 0.3) is 0 Å². The summed E-state index contributed by atoms with van der Waals surface area (Å²) in [6.07, 6.45) is 1.31. The van der Waals surface area contributed by atoms with Gasteiger partial charge >= 0.3 is 0 Å². The lowest BCUT2D eigenvalue weighted by molar-refractivity contribution is 0.415. The second-order valence-electron chi connectivity index (χ2n) is 4.34. The number of halogens is 2. The van der Waals surface area contributed by atoms with Crippen molar-refractivity contribution in [3.8, 4) is 5.75 Å². The fourth-order valence-electron chi connectivity index (χ4n) is 1.82. The molecule has 112 valence electrons. The molecule has 1 aromatic carbocycles. The van der Waals surface area contributed by atoms with Gasteiger partial charge in [0.2, 0.25) is 5.75 Å². The molecule has 0 bridgehead atoms. The summed E-state index contributed by atoms with van der Waals surface area (Å²) in [4.78, 5) is 8.05. The molecule has 0 aliphatic heterocycles. The normalized spacial score (nSPS) is 10.3. The SMILES string of the molecule is CCNc1ncnc(Nc2cc(F)c(C)cc2F)c1OC. The minimum absolute atomic E-state index is 0.0162. The molecule has 0 fully saturated rings. The number of nitrogens with zero attached hydrogens (tertiary/aromatic N) is 2. The van der Waals surface area contributed by atoms with Crippen molar-refractivity contribution in [2.24, 2.45) is 0 Å². The van der Waals surface area contributed by atoms with Crippen molar-refractivity contribution < 1.29 is 13.5 Å². The van der Waals surface area contributed by atoms with E-state index >= 15 is 0 Å². The topological polar surface area (TPSA) is 59.1 Å².